The largest absolute Gasteiger partial charge is 0.390 e. The number of para-hydroxylation sites is 1. The number of benzene rings is 2. The third-order valence-electron chi connectivity index (χ3n) is 4.75. The summed E-state index contributed by atoms with van der Waals surface area (Å²) < 4.78 is 1.74. The highest BCUT2D eigenvalue weighted by molar-refractivity contribution is 5.95. The van der Waals surface area contributed by atoms with Crippen molar-refractivity contribution in [2.45, 2.75) is 25.5 Å². The van der Waals surface area contributed by atoms with Gasteiger partial charge in [0.1, 0.15) is 0 Å². The number of fused-ring (bicyclic) bond motifs is 1. The molecule has 0 fully saturated rings. The van der Waals surface area contributed by atoms with E-state index in [4.69, 9.17) is 0 Å². The van der Waals surface area contributed by atoms with E-state index in [1.165, 1.54) is 0 Å². The van der Waals surface area contributed by atoms with Crippen LogP contribution >= 0.6 is 0 Å². The highest BCUT2D eigenvalue weighted by Gasteiger charge is 2.32. The van der Waals surface area contributed by atoms with E-state index in [-0.39, 0.29) is 11.9 Å². The number of carbonyl (C=O) groups excluding carboxylic acids is 1. The highest BCUT2D eigenvalue weighted by atomic mass is 16.3. The predicted molar refractivity (Wildman–Crippen MR) is 94.7 cm³/mol. The van der Waals surface area contributed by atoms with Gasteiger partial charge in [0, 0.05) is 6.42 Å². The van der Waals surface area contributed by atoms with Gasteiger partial charge >= 0.3 is 0 Å². The van der Waals surface area contributed by atoms with Gasteiger partial charge in [-0.15, -0.1) is 0 Å². The summed E-state index contributed by atoms with van der Waals surface area (Å²) in [5.41, 5.74) is 4.25. The minimum atomic E-state index is -0.606. The van der Waals surface area contributed by atoms with Crippen LogP contribution in [0.4, 0.5) is 0 Å². The van der Waals surface area contributed by atoms with Crippen LogP contribution in [0.25, 0.3) is 5.69 Å². The van der Waals surface area contributed by atoms with Gasteiger partial charge in [-0.25, -0.2) is 4.68 Å². The van der Waals surface area contributed by atoms with Gasteiger partial charge in [-0.1, -0.05) is 42.5 Å². The Labute approximate surface area is 145 Å². The molecule has 0 spiro atoms. The fraction of sp³-hybridized carbons (Fsp3) is 0.200. The number of aliphatic hydroxyl groups excluding tert-OH is 1. The molecule has 2 unspecified atom stereocenters. The first-order valence-corrected chi connectivity index (χ1v) is 8.32. The molecule has 25 heavy (non-hydrogen) atoms. The van der Waals surface area contributed by atoms with Gasteiger partial charge in [0.15, 0.2) is 0 Å². The number of carbonyl (C=O) groups is 1. The number of amides is 1. The maximum atomic E-state index is 12.7. The van der Waals surface area contributed by atoms with Crippen molar-refractivity contribution in [3.8, 4) is 5.69 Å². The molecule has 126 valence electrons. The Kier molecular flexibility index (Phi) is 3.86. The highest BCUT2D eigenvalue weighted by Crippen LogP contribution is 2.31. The third kappa shape index (κ3) is 2.72. The Morgan fingerprint density at radius 2 is 1.88 bits per heavy atom. The van der Waals surface area contributed by atoms with Crippen molar-refractivity contribution in [2.24, 2.45) is 0 Å². The molecule has 2 N–H and O–H groups in total. The first kappa shape index (κ1) is 15.6. The number of hydrogen-bond donors (Lipinski definition) is 2. The SMILES string of the molecule is Cc1c(C(=O)NC2c3ccccc3CC2O)cnn1-c1ccccc1. The molecule has 0 saturated heterocycles. The fourth-order valence-corrected chi connectivity index (χ4v) is 3.43. The van der Waals surface area contributed by atoms with Crippen molar-refractivity contribution < 1.29 is 9.90 Å². The monoisotopic (exact) mass is 333 g/mol. The molecule has 4 rings (SSSR count). The number of rotatable bonds is 3. The Balaban J connectivity index is 1.60. The average Bonchev–Trinajstić information content (AvgIpc) is 3.16. The van der Waals surface area contributed by atoms with Crippen molar-refractivity contribution in [1.29, 1.82) is 0 Å². The molecule has 2 atom stereocenters. The average molecular weight is 333 g/mol. The van der Waals surface area contributed by atoms with Gasteiger partial charge in [0.25, 0.3) is 5.91 Å². The second-order valence-electron chi connectivity index (χ2n) is 6.31. The molecule has 0 bridgehead atoms. The van der Waals surface area contributed by atoms with Crippen molar-refractivity contribution in [3.05, 3.63) is 83.2 Å². The number of nitrogens with zero attached hydrogens (tertiary/aromatic N) is 2. The van der Waals surface area contributed by atoms with E-state index < -0.39 is 6.10 Å². The van der Waals surface area contributed by atoms with Gasteiger partial charge in [0.2, 0.25) is 0 Å². The van der Waals surface area contributed by atoms with Crippen LogP contribution in [-0.4, -0.2) is 26.9 Å². The minimum absolute atomic E-state index is 0.222. The molecule has 5 heteroatoms. The molecule has 0 saturated carbocycles. The van der Waals surface area contributed by atoms with Crippen molar-refractivity contribution in [3.63, 3.8) is 0 Å². The third-order valence-corrected chi connectivity index (χ3v) is 4.75. The molecule has 0 radical (unpaired) electrons. The standard InChI is InChI=1S/C20H19N3O2/c1-13-17(12-21-23(13)15-8-3-2-4-9-15)20(25)22-19-16-10-6-5-7-14(16)11-18(19)24/h2-10,12,18-19,24H,11H2,1H3,(H,22,25). The summed E-state index contributed by atoms with van der Waals surface area (Å²) in [6.07, 6.45) is 1.53. The first-order valence-electron chi connectivity index (χ1n) is 8.32. The van der Waals surface area contributed by atoms with Gasteiger partial charge in [-0.05, 0) is 30.2 Å². The maximum absolute atomic E-state index is 12.7. The Morgan fingerprint density at radius 3 is 2.68 bits per heavy atom. The van der Waals surface area contributed by atoms with Crippen LogP contribution in [0, 0.1) is 6.92 Å². The zero-order valence-electron chi connectivity index (χ0n) is 13.9. The summed E-state index contributed by atoms with van der Waals surface area (Å²) in [5.74, 6) is -0.222. The fourth-order valence-electron chi connectivity index (χ4n) is 3.43. The lowest BCUT2D eigenvalue weighted by molar-refractivity contribution is 0.0857. The molecule has 1 heterocycles. The predicted octanol–water partition coefficient (Wildman–Crippen LogP) is 2.57. The Bertz CT molecular complexity index is 918. The Hall–Kier alpha value is -2.92. The van der Waals surface area contributed by atoms with Crippen molar-refractivity contribution in [1.82, 2.24) is 15.1 Å². The molecular weight excluding hydrogens is 314 g/mol. The van der Waals surface area contributed by atoms with Crippen molar-refractivity contribution >= 4 is 5.91 Å². The summed E-state index contributed by atoms with van der Waals surface area (Å²) >= 11 is 0. The number of nitrogens with one attached hydrogen (secondary N) is 1. The lowest BCUT2D eigenvalue weighted by Gasteiger charge is -2.17. The number of aromatic nitrogens is 2. The molecule has 2 aromatic carbocycles. The van der Waals surface area contributed by atoms with Gasteiger partial charge in [-0.2, -0.15) is 5.10 Å². The number of hydrogen-bond acceptors (Lipinski definition) is 3. The summed E-state index contributed by atoms with van der Waals surface area (Å²) in [4.78, 5) is 12.7. The quantitative estimate of drug-likeness (QED) is 0.774. The van der Waals surface area contributed by atoms with Crippen LogP contribution in [0.2, 0.25) is 0 Å². The maximum Gasteiger partial charge on any atom is 0.255 e. The Morgan fingerprint density at radius 1 is 1.16 bits per heavy atom. The van der Waals surface area contributed by atoms with E-state index in [1.54, 1.807) is 10.9 Å². The minimum Gasteiger partial charge on any atom is -0.390 e. The van der Waals surface area contributed by atoms with E-state index in [9.17, 15) is 9.90 Å². The topological polar surface area (TPSA) is 67.2 Å². The van der Waals surface area contributed by atoms with Crippen LogP contribution in [0.1, 0.15) is 33.2 Å². The number of aliphatic hydroxyl groups is 1. The van der Waals surface area contributed by atoms with Crippen LogP contribution < -0.4 is 5.32 Å². The van der Waals surface area contributed by atoms with E-state index in [0.29, 0.717) is 12.0 Å². The lowest BCUT2D eigenvalue weighted by atomic mass is 10.1. The molecule has 1 aromatic heterocycles. The molecule has 3 aromatic rings. The van der Waals surface area contributed by atoms with E-state index in [0.717, 1.165) is 22.5 Å². The molecule has 5 nitrogen and oxygen atoms in total. The molecule has 0 aliphatic heterocycles. The van der Waals surface area contributed by atoms with Gasteiger partial charge in [-0.3, -0.25) is 4.79 Å². The van der Waals surface area contributed by atoms with Crippen molar-refractivity contribution in [2.75, 3.05) is 0 Å². The van der Waals surface area contributed by atoms with E-state index in [1.807, 2.05) is 61.5 Å². The van der Waals surface area contributed by atoms with E-state index in [2.05, 4.69) is 10.4 Å². The second-order valence-corrected chi connectivity index (χ2v) is 6.31. The summed E-state index contributed by atoms with van der Waals surface area (Å²) in [6, 6.07) is 17.1. The zero-order valence-corrected chi connectivity index (χ0v) is 13.9. The molecular formula is C20H19N3O2. The van der Waals surface area contributed by atoms with Crippen LogP contribution in [0.5, 0.6) is 0 Å². The van der Waals surface area contributed by atoms with Crippen LogP contribution in [-0.2, 0) is 6.42 Å². The summed E-state index contributed by atoms with van der Waals surface area (Å²) in [6.45, 7) is 1.87. The lowest BCUT2D eigenvalue weighted by Crippen LogP contribution is -2.34. The van der Waals surface area contributed by atoms with Crippen LogP contribution in [0.3, 0.4) is 0 Å². The summed E-state index contributed by atoms with van der Waals surface area (Å²) in [5, 5.41) is 17.6. The smallest absolute Gasteiger partial charge is 0.255 e. The molecule has 1 aliphatic carbocycles. The second kappa shape index (κ2) is 6.18. The van der Waals surface area contributed by atoms with Gasteiger partial charge < -0.3 is 10.4 Å². The molecule has 1 amide bonds. The van der Waals surface area contributed by atoms with Crippen LogP contribution in [0.15, 0.2) is 60.8 Å². The first-order chi connectivity index (χ1) is 12.1. The summed E-state index contributed by atoms with van der Waals surface area (Å²) in [7, 11) is 0. The zero-order chi connectivity index (χ0) is 17.4. The van der Waals surface area contributed by atoms with E-state index >= 15 is 0 Å². The van der Waals surface area contributed by atoms with Gasteiger partial charge in [0.05, 0.1) is 35.3 Å². The molecule has 1 aliphatic rings. The normalized spacial score (nSPS) is 18.8.